The highest BCUT2D eigenvalue weighted by atomic mass is 19.4. The van der Waals surface area contributed by atoms with E-state index in [0.29, 0.717) is 43.5 Å². The molecule has 0 atom stereocenters. The Kier molecular flexibility index (Phi) is 8.78. The molecular formula is C27H38F4O3. The molecule has 1 aliphatic heterocycles. The average molecular weight is 487 g/mol. The quantitative estimate of drug-likeness (QED) is 0.370. The Bertz CT molecular complexity index is 760. The zero-order chi connectivity index (χ0) is 24.1. The van der Waals surface area contributed by atoms with Crippen LogP contribution in [0.5, 0.6) is 5.75 Å². The SMILES string of the molecule is CCC1CCC(C2CCC(C3COC(CCc4ccc(OC(F)(F)F)c(F)c4)OC3)CC2)CC1. The van der Waals surface area contributed by atoms with Crippen molar-refractivity contribution in [3.63, 3.8) is 0 Å². The molecule has 2 aliphatic carbocycles. The lowest BCUT2D eigenvalue weighted by Gasteiger charge is -2.41. The molecule has 4 rings (SSSR count). The van der Waals surface area contributed by atoms with Crippen LogP contribution in [0.3, 0.4) is 0 Å². The monoisotopic (exact) mass is 486 g/mol. The smallest absolute Gasteiger partial charge is 0.403 e. The van der Waals surface area contributed by atoms with Crippen LogP contribution >= 0.6 is 0 Å². The van der Waals surface area contributed by atoms with Crippen molar-refractivity contribution in [2.45, 2.75) is 90.2 Å². The van der Waals surface area contributed by atoms with Crippen molar-refractivity contribution in [2.75, 3.05) is 13.2 Å². The molecule has 1 saturated heterocycles. The second-order valence-electron chi connectivity index (χ2n) is 10.6. The predicted octanol–water partition coefficient (Wildman–Crippen LogP) is 7.67. The van der Waals surface area contributed by atoms with Crippen molar-refractivity contribution in [2.24, 2.45) is 29.6 Å². The number of hydrogen-bond donors (Lipinski definition) is 0. The number of benzene rings is 1. The third-order valence-electron chi connectivity index (χ3n) is 8.50. The molecule has 7 heteroatoms. The Labute approximate surface area is 200 Å². The maximum Gasteiger partial charge on any atom is 0.573 e. The zero-order valence-corrected chi connectivity index (χ0v) is 20.1. The number of rotatable bonds is 7. The molecule has 1 heterocycles. The molecule has 3 aliphatic rings. The summed E-state index contributed by atoms with van der Waals surface area (Å²) in [6.07, 6.45) is 7.99. The molecule has 1 aromatic carbocycles. The second-order valence-corrected chi connectivity index (χ2v) is 10.6. The van der Waals surface area contributed by atoms with Gasteiger partial charge in [0.2, 0.25) is 0 Å². The summed E-state index contributed by atoms with van der Waals surface area (Å²) >= 11 is 0. The van der Waals surface area contributed by atoms with Gasteiger partial charge in [-0.3, -0.25) is 0 Å². The number of halogens is 4. The van der Waals surface area contributed by atoms with E-state index in [1.807, 2.05) is 0 Å². The van der Waals surface area contributed by atoms with E-state index in [1.165, 1.54) is 63.9 Å². The normalized spacial score (nSPS) is 33.0. The molecule has 192 valence electrons. The Morgan fingerprint density at radius 2 is 1.41 bits per heavy atom. The van der Waals surface area contributed by atoms with Gasteiger partial charge in [0.15, 0.2) is 17.9 Å². The van der Waals surface area contributed by atoms with Crippen molar-refractivity contribution < 1.29 is 31.8 Å². The van der Waals surface area contributed by atoms with E-state index >= 15 is 0 Å². The van der Waals surface area contributed by atoms with Crippen LogP contribution in [0.2, 0.25) is 0 Å². The molecular weight excluding hydrogens is 448 g/mol. The van der Waals surface area contributed by atoms with Gasteiger partial charge < -0.3 is 14.2 Å². The molecule has 0 N–H and O–H groups in total. The van der Waals surface area contributed by atoms with Gasteiger partial charge in [-0.05, 0) is 86.3 Å². The summed E-state index contributed by atoms with van der Waals surface area (Å²) in [7, 11) is 0. The van der Waals surface area contributed by atoms with Gasteiger partial charge in [0.25, 0.3) is 0 Å². The topological polar surface area (TPSA) is 27.7 Å². The molecule has 0 aromatic heterocycles. The van der Waals surface area contributed by atoms with E-state index < -0.39 is 17.9 Å². The van der Waals surface area contributed by atoms with Crippen LogP contribution < -0.4 is 4.74 Å². The van der Waals surface area contributed by atoms with Crippen LogP contribution in [-0.4, -0.2) is 25.9 Å². The zero-order valence-electron chi connectivity index (χ0n) is 20.1. The number of hydrogen-bond acceptors (Lipinski definition) is 3. The molecule has 0 bridgehead atoms. The highest BCUT2D eigenvalue weighted by Gasteiger charge is 2.35. The summed E-state index contributed by atoms with van der Waals surface area (Å²) in [5.74, 6) is 2.07. The minimum absolute atomic E-state index is 0.351. The van der Waals surface area contributed by atoms with Crippen molar-refractivity contribution in [3.05, 3.63) is 29.6 Å². The van der Waals surface area contributed by atoms with Crippen LogP contribution in [0.15, 0.2) is 18.2 Å². The van der Waals surface area contributed by atoms with Crippen molar-refractivity contribution in [1.82, 2.24) is 0 Å². The van der Waals surface area contributed by atoms with Crippen molar-refractivity contribution in [3.8, 4) is 5.75 Å². The molecule has 0 radical (unpaired) electrons. The van der Waals surface area contributed by atoms with Crippen LogP contribution in [0.25, 0.3) is 0 Å². The van der Waals surface area contributed by atoms with Gasteiger partial charge in [-0.1, -0.05) is 32.3 Å². The van der Waals surface area contributed by atoms with Crippen LogP contribution in [-0.2, 0) is 15.9 Å². The first-order valence-corrected chi connectivity index (χ1v) is 13.1. The van der Waals surface area contributed by atoms with E-state index in [0.717, 1.165) is 29.9 Å². The minimum atomic E-state index is -4.91. The van der Waals surface area contributed by atoms with Gasteiger partial charge in [0.1, 0.15) is 0 Å². The van der Waals surface area contributed by atoms with Crippen LogP contribution in [0.4, 0.5) is 17.6 Å². The molecule has 0 amide bonds. The fourth-order valence-corrected chi connectivity index (χ4v) is 6.34. The van der Waals surface area contributed by atoms with Crippen molar-refractivity contribution >= 4 is 0 Å². The standard InChI is InChI=1S/C27H38F4O3/c1-2-18-3-7-20(8-4-18)21-9-11-22(12-10-21)23-16-32-26(33-17-23)14-6-19-5-13-25(24(28)15-19)34-27(29,30)31/h5,13,15,18,20-23,26H,2-4,6-12,14,16-17H2,1H3. The predicted molar refractivity (Wildman–Crippen MR) is 122 cm³/mol. The van der Waals surface area contributed by atoms with E-state index in [2.05, 4.69) is 11.7 Å². The second kappa shape index (κ2) is 11.6. The van der Waals surface area contributed by atoms with E-state index in [1.54, 1.807) is 0 Å². The molecule has 34 heavy (non-hydrogen) atoms. The fourth-order valence-electron chi connectivity index (χ4n) is 6.34. The minimum Gasteiger partial charge on any atom is -0.403 e. The van der Waals surface area contributed by atoms with Gasteiger partial charge in [-0.15, -0.1) is 13.2 Å². The van der Waals surface area contributed by atoms with E-state index in [-0.39, 0.29) is 6.29 Å². The van der Waals surface area contributed by atoms with Gasteiger partial charge >= 0.3 is 6.36 Å². The van der Waals surface area contributed by atoms with E-state index in [4.69, 9.17) is 9.47 Å². The van der Waals surface area contributed by atoms with Gasteiger partial charge in [-0.2, -0.15) is 0 Å². The maximum absolute atomic E-state index is 13.9. The molecule has 3 fully saturated rings. The van der Waals surface area contributed by atoms with Crippen molar-refractivity contribution in [1.29, 1.82) is 0 Å². The molecule has 2 saturated carbocycles. The Morgan fingerprint density at radius 1 is 0.853 bits per heavy atom. The first kappa shape index (κ1) is 25.7. The highest BCUT2D eigenvalue weighted by Crippen LogP contribution is 2.44. The summed E-state index contributed by atoms with van der Waals surface area (Å²) in [5, 5.41) is 0. The van der Waals surface area contributed by atoms with E-state index in [9.17, 15) is 17.6 Å². The first-order valence-electron chi connectivity index (χ1n) is 13.1. The Morgan fingerprint density at radius 3 is 1.94 bits per heavy atom. The first-order chi connectivity index (χ1) is 16.3. The third kappa shape index (κ3) is 7.09. The molecule has 1 aromatic rings. The largest absolute Gasteiger partial charge is 0.573 e. The number of aryl methyl sites for hydroxylation is 1. The number of ether oxygens (including phenoxy) is 3. The molecule has 0 unspecified atom stereocenters. The summed E-state index contributed by atoms with van der Waals surface area (Å²) in [5.41, 5.74) is 0.590. The lowest BCUT2D eigenvalue weighted by atomic mass is 9.67. The lowest BCUT2D eigenvalue weighted by Crippen LogP contribution is -2.38. The summed E-state index contributed by atoms with van der Waals surface area (Å²) in [6.45, 7) is 3.70. The fraction of sp³-hybridized carbons (Fsp3) is 0.778. The summed E-state index contributed by atoms with van der Waals surface area (Å²) < 4.78 is 66.4. The Balaban J connectivity index is 1.15. The van der Waals surface area contributed by atoms with Gasteiger partial charge in [-0.25, -0.2) is 4.39 Å². The number of alkyl halides is 3. The highest BCUT2D eigenvalue weighted by molar-refractivity contribution is 5.29. The average Bonchev–Trinajstić information content (AvgIpc) is 2.84. The van der Waals surface area contributed by atoms with Crippen LogP contribution in [0, 0.1) is 35.4 Å². The molecule has 0 spiro atoms. The van der Waals surface area contributed by atoms with Gasteiger partial charge in [0.05, 0.1) is 13.2 Å². The summed E-state index contributed by atoms with van der Waals surface area (Å²) in [4.78, 5) is 0. The summed E-state index contributed by atoms with van der Waals surface area (Å²) in [6, 6.07) is 3.55. The van der Waals surface area contributed by atoms with Crippen LogP contribution in [0.1, 0.15) is 76.7 Å². The lowest BCUT2D eigenvalue weighted by molar-refractivity contribution is -0.275. The van der Waals surface area contributed by atoms with Gasteiger partial charge in [0, 0.05) is 12.3 Å². The maximum atomic E-state index is 13.9. The molecule has 3 nitrogen and oxygen atoms in total. The third-order valence-corrected chi connectivity index (χ3v) is 8.50. The Hall–Kier alpha value is -1.34.